The van der Waals surface area contributed by atoms with Gasteiger partial charge in [-0.2, -0.15) is 0 Å². The summed E-state index contributed by atoms with van der Waals surface area (Å²) in [5.74, 6) is 0. The van der Waals surface area contributed by atoms with Crippen molar-refractivity contribution in [3.05, 3.63) is 28.2 Å². The molecule has 1 fully saturated rings. The van der Waals surface area contributed by atoms with Crippen LogP contribution in [-0.4, -0.2) is 25.2 Å². The number of urea groups is 1. The summed E-state index contributed by atoms with van der Waals surface area (Å²) >= 11 is 11.8. The monoisotopic (exact) mass is 287 g/mol. The lowest BCUT2D eigenvalue weighted by molar-refractivity contribution is 0.245. The standard InChI is InChI=1S/C12H15Cl2N3O/c13-8-3-4-10(14)11(6-8)17-12(18)16-9-2-1-5-15-7-9/h3-4,6,9,15H,1-2,5,7H2,(H2,16,17,18). The number of anilines is 1. The van der Waals surface area contributed by atoms with Crippen LogP contribution in [0.25, 0.3) is 0 Å². The highest BCUT2D eigenvalue weighted by molar-refractivity contribution is 6.35. The van der Waals surface area contributed by atoms with E-state index in [1.165, 1.54) is 0 Å². The van der Waals surface area contributed by atoms with E-state index >= 15 is 0 Å². The van der Waals surface area contributed by atoms with E-state index in [4.69, 9.17) is 23.2 Å². The van der Waals surface area contributed by atoms with Crippen molar-refractivity contribution in [2.24, 2.45) is 0 Å². The second-order valence-electron chi connectivity index (χ2n) is 4.27. The largest absolute Gasteiger partial charge is 0.334 e. The van der Waals surface area contributed by atoms with Crippen molar-refractivity contribution in [2.75, 3.05) is 18.4 Å². The maximum atomic E-state index is 11.8. The molecule has 0 bridgehead atoms. The van der Waals surface area contributed by atoms with E-state index in [-0.39, 0.29) is 12.1 Å². The van der Waals surface area contributed by atoms with Crippen LogP contribution < -0.4 is 16.0 Å². The summed E-state index contributed by atoms with van der Waals surface area (Å²) in [5.41, 5.74) is 0.519. The average Bonchev–Trinajstić information content (AvgIpc) is 2.35. The Morgan fingerprint density at radius 1 is 1.39 bits per heavy atom. The molecule has 0 aromatic heterocycles. The average molecular weight is 288 g/mol. The van der Waals surface area contributed by atoms with Gasteiger partial charge in [-0.1, -0.05) is 23.2 Å². The Kier molecular flexibility index (Phi) is 4.69. The summed E-state index contributed by atoms with van der Waals surface area (Å²) in [6.07, 6.45) is 2.06. The van der Waals surface area contributed by atoms with E-state index in [2.05, 4.69) is 16.0 Å². The molecule has 1 atom stereocenters. The van der Waals surface area contributed by atoms with Crippen LogP contribution in [0.1, 0.15) is 12.8 Å². The number of piperidine rings is 1. The summed E-state index contributed by atoms with van der Waals surface area (Å²) < 4.78 is 0. The maximum Gasteiger partial charge on any atom is 0.319 e. The Balaban J connectivity index is 1.92. The van der Waals surface area contributed by atoms with Crippen molar-refractivity contribution in [1.29, 1.82) is 0 Å². The van der Waals surface area contributed by atoms with Crippen molar-refractivity contribution >= 4 is 34.9 Å². The first-order chi connectivity index (χ1) is 8.65. The molecule has 0 aliphatic carbocycles. The number of nitrogens with one attached hydrogen (secondary N) is 3. The summed E-state index contributed by atoms with van der Waals surface area (Å²) in [6, 6.07) is 4.87. The Morgan fingerprint density at radius 3 is 2.94 bits per heavy atom. The number of rotatable bonds is 2. The van der Waals surface area contributed by atoms with Gasteiger partial charge < -0.3 is 16.0 Å². The molecule has 2 amide bonds. The molecule has 1 aromatic rings. The molecule has 0 spiro atoms. The highest BCUT2D eigenvalue weighted by Crippen LogP contribution is 2.25. The van der Waals surface area contributed by atoms with Crippen LogP contribution in [0.3, 0.4) is 0 Å². The first-order valence-corrected chi connectivity index (χ1v) is 6.64. The zero-order valence-electron chi connectivity index (χ0n) is 9.80. The summed E-state index contributed by atoms with van der Waals surface area (Å²) in [4.78, 5) is 11.8. The van der Waals surface area contributed by atoms with Gasteiger partial charge in [0.2, 0.25) is 0 Å². The van der Waals surface area contributed by atoms with Crippen molar-refractivity contribution in [1.82, 2.24) is 10.6 Å². The van der Waals surface area contributed by atoms with E-state index in [0.717, 1.165) is 25.9 Å². The molecule has 1 saturated heterocycles. The molecule has 1 unspecified atom stereocenters. The van der Waals surface area contributed by atoms with Gasteiger partial charge in [0, 0.05) is 17.6 Å². The number of carbonyl (C=O) groups is 1. The predicted octanol–water partition coefficient (Wildman–Crippen LogP) is 2.87. The molecule has 1 aromatic carbocycles. The molecule has 98 valence electrons. The molecule has 1 heterocycles. The molecular weight excluding hydrogens is 273 g/mol. The predicted molar refractivity (Wildman–Crippen MR) is 74.5 cm³/mol. The molecule has 3 N–H and O–H groups in total. The smallest absolute Gasteiger partial charge is 0.319 e. The molecule has 1 aliphatic heterocycles. The quantitative estimate of drug-likeness (QED) is 0.783. The minimum absolute atomic E-state index is 0.164. The number of benzene rings is 1. The van der Waals surface area contributed by atoms with Crippen LogP contribution in [0.4, 0.5) is 10.5 Å². The third kappa shape index (κ3) is 3.77. The second-order valence-corrected chi connectivity index (χ2v) is 5.11. The van der Waals surface area contributed by atoms with E-state index in [1.54, 1.807) is 18.2 Å². The summed E-state index contributed by atoms with van der Waals surface area (Å²) in [7, 11) is 0. The lowest BCUT2D eigenvalue weighted by Gasteiger charge is -2.24. The molecule has 2 rings (SSSR count). The van der Waals surface area contributed by atoms with Crippen molar-refractivity contribution < 1.29 is 4.79 Å². The van der Waals surface area contributed by atoms with Gasteiger partial charge in [-0.25, -0.2) is 4.79 Å². The van der Waals surface area contributed by atoms with Crippen molar-refractivity contribution in [2.45, 2.75) is 18.9 Å². The molecule has 0 radical (unpaired) electrons. The van der Waals surface area contributed by atoms with Gasteiger partial charge >= 0.3 is 6.03 Å². The van der Waals surface area contributed by atoms with Crippen LogP contribution in [-0.2, 0) is 0 Å². The van der Waals surface area contributed by atoms with Crippen LogP contribution in [0, 0.1) is 0 Å². The Bertz CT molecular complexity index is 433. The van der Waals surface area contributed by atoms with Crippen LogP contribution in [0.5, 0.6) is 0 Å². The van der Waals surface area contributed by atoms with Gasteiger partial charge in [-0.05, 0) is 37.6 Å². The molecule has 1 aliphatic rings. The summed E-state index contributed by atoms with van der Waals surface area (Å²) in [5, 5.41) is 9.84. The van der Waals surface area contributed by atoms with Crippen LogP contribution in [0.15, 0.2) is 18.2 Å². The van der Waals surface area contributed by atoms with Crippen molar-refractivity contribution in [3.8, 4) is 0 Å². The molecule has 4 nitrogen and oxygen atoms in total. The van der Waals surface area contributed by atoms with E-state index < -0.39 is 0 Å². The van der Waals surface area contributed by atoms with Crippen LogP contribution >= 0.6 is 23.2 Å². The number of hydrogen-bond donors (Lipinski definition) is 3. The fourth-order valence-corrected chi connectivity index (χ4v) is 2.25. The molecule has 6 heteroatoms. The highest BCUT2D eigenvalue weighted by Gasteiger charge is 2.15. The zero-order valence-corrected chi connectivity index (χ0v) is 11.3. The molecule has 0 saturated carbocycles. The van der Waals surface area contributed by atoms with Gasteiger partial charge in [0.1, 0.15) is 0 Å². The van der Waals surface area contributed by atoms with Gasteiger partial charge in [0.25, 0.3) is 0 Å². The van der Waals surface area contributed by atoms with E-state index in [1.807, 2.05) is 0 Å². The lowest BCUT2D eigenvalue weighted by atomic mass is 10.1. The Hall–Kier alpha value is -0.970. The van der Waals surface area contributed by atoms with Gasteiger partial charge in [-0.15, -0.1) is 0 Å². The summed E-state index contributed by atoms with van der Waals surface area (Å²) in [6.45, 7) is 1.82. The zero-order chi connectivity index (χ0) is 13.0. The maximum absolute atomic E-state index is 11.8. The van der Waals surface area contributed by atoms with Crippen molar-refractivity contribution in [3.63, 3.8) is 0 Å². The first kappa shape index (κ1) is 13.5. The second kappa shape index (κ2) is 6.27. The van der Waals surface area contributed by atoms with E-state index in [0.29, 0.717) is 15.7 Å². The molecule has 18 heavy (non-hydrogen) atoms. The van der Waals surface area contributed by atoms with Gasteiger partial charge in [-0.3, -0.25) is 0 Å². The fourth-order valence-electron chi connectivity index (χ4n) is 1.91. The Morgan fingerprint density at radius 2 is 2.22 bits per heavy atom. The minimum Gasteiger partial charge on any atom is -0.334 e. The first-order valence-electron chi connectivity index (χ1n) is 5.88. The number of amides is 2. The SMILES string of the molecule is O=C(Nc1cc(Cl)ccc1Cl)NC1CCCNC1. The third-order valence-corrected chi connectivity index (χ3v) is 3.37. The third-order valence-electron chi connectivity index (χ3n) is 2.81. The number of carbonyl (C=O) groups excluding carboxylic acids is 1. The highest BCUT2D eigenvalue weighted by atomic mass is 35.5. The van der Waals surface area contributed by atoms with E-state index in [9.17, 15) is 4.79 Å². The Labute approximate surface area is 116 Å². The van der Waals surface area contributed by atoms with Crippen LogP contribution in [0.2, 0.25) is 10.0 Å². The fraction of sp³-hybridized carbons (Fsp3) is 0.417. The van der Waals surface area contributed by atoms with Gasteiger partial charge in [0.15, 0.2) is 0 Å². The lowest BCUT2D eigenvalue weighted by Crippen LogP contribution is -2.47. The van der Waals surface area contributed by atoms with Gasteiger partial charge in [0.05, 0.1) is 10.7 Å². The minimum atomic E-state index is -0.257. The number of halogens is 2. The normalized spacial score (nSPS) is 19.3. The topological polar surface area (TPSA) is 53.2 Å². The molecular formula is C12H15Cl2N3O. The number of hydrogen-bond acceptors (Lipinski definition) is 2.